The molecule has 0 saturated carbocycles. The minimum absolute atomic E-state index is 0.187. The first-order chi connectivity index (χ1) is 9.66. The van der Waals surface area contributed by atoms with Gasteiger partial charge in [0.05, 0.1) is 11.1 Å². The molecule has 4 nitrogen and oxygen atoms in total. The second-order valence-electron chi connectivity index (χ2n) is 4.55. The summed E-state index contributed by atoms with van der Waals surface area (Å²) in [6.07, 6.45) is 0. The molecule has 2 aromatic rings. The summed E-state index contributed by atoms with van der Waals surface area (Å²) < 4.78 is 2.43. The molecule has 0 fully saturated rings. The van der Waals surface area contributed by atoms with Gasteiger partial charge in [0, 0.05) is 10.0 Å². The number of halogens is 1. The van der Waals surface area contributed by atoms with Crippen LogP contribution in [0.15, 0.2) is 53.0 Å². The molecule has 1 heterocycles. The van der Waals surface area contributed by atoms with Crippen LogP contribution < -0.4 is 11.2 Å². The van der Waals surface area contributed by atoms with Gasteiger partial charge in [-0.05, 0) is 34.1 Å². The van der Waals surface area contributed by atoms with Gasteiger partial charge in [0.2, 0.25) is 0 Å². The Kier molecular flexibility index (Phi) is 3.28. The van der Waals surface area contributed by atoms with Crippen LogP contribution in [0.25, 0.3) is 0 Å². The van der Waals surface area contributed by atoms with E-state index in [1.165, 1.54) is 0 Å². The molecule has 1 aliphatic rings. The number of hydrogen-bond acceptors (Lipinski definition) is 2. The molecule has 0 aliphatic carbocycles. The van der Waals surface area contributed by atoms with Gasteiger partial charge in [-0.15, -0.1) is 0 Å². The summed E-state index contributed by atoms with van der Waals surface area (Å²) in [5, 5.41) is 0. The smallest absolute Gasteiger partial charge is 0.285 e. The van der Waals surface area contributed by atoms with Gasteiger partial charge in [-0.3, -0.25) is 10.5 Å². The molecular formula is C15H13BrN3O+. The zero-order valence-corrected chi connectivity index (χ0v) is 12.2. The first-order valence-corrected chi connectivity index (χ1v) is 7.00. The maximum atomic E-state index is 12.3. The average Bonchev–Trinajstić information content (AvgIpc) is 2.76. The van der Waals surface area contributed by atoms with Crippen molar-refractivity contribution < 1.29 is 9.48 Å². The molecule has 1 amide bonds. The lowest BCUT2D eigenvalue weighted by Gasteiger charge is -2.06. The van der Waals surface area contributed by atoms with Crippen LogP contribution in [0.3, 0.4) is 0 Å². The molecule has 0 radical (unpaired) electrons. The zero-order valence-electron chi connectivity index (χ0n) is 10.6. The second kappa shape index (κ2) is 5.09. The minimum Gasteiger partial charge on any atom is -0.285 e. The number of amidine groups is 1. The van der Waals surface area contributed by atoms with Crippen molar-refractivity contribution >= 4 is 27.7 Å². The van der Waals surface area contributed by atoms with Crippen molar-refractivity contribution in [1.82, 2.24) is 5.43 Å². The van der Waals surface area contributed by atoms with Crippen LogP contribution in [0.1, 0.15) is 21.5 Å². The number of carbonyl (C=O) groups is 1. The maximum absolute atomic E-state index is 12.3. The molecule has 0 bridgehead atoms. The Morgan fingerprint density at radius 3 is 2.60 bits per heavy atom. The molecule has 0 aromatic heterocycles. The lowest BCUT2D eigenvalue weighted by atomic mass is 10.1. The number of carbonyl (C=O) groups excluding carboxylic acids is 1. The lowest BCUT2D eigenvalue weighted by Crippen LogP contribution is -2.38. The summed E-state index contributed by atoms with van der Waals surface area (Å²) in [7, 11) is 0. The van der Waals surface area contributed by atoms with E-state index in [-0.39, 0.29) is 5.91 Å². The first kappa shape index (κ1) is 12.9. The Labute approximate surface area is 125 Å². The number of amides is 1. The highest BCUT2D eigenvalue weighted by atomic mass is 79.9. The summed E-state index contributed by atoms with van der Waals surface area (Å²) in [5.41, 5.74) is 11.6. The third kappa shape index (κ3) is 2.20. The van der Waals surface area contributed by atoms with Crippen molar-refractivity contribution in [3.05, 3.63) is 69.7 Å². The topological polar surface area (TPSA) is 58.1 Å². The highest BCUT2D eigenvalue weighted by Crippen LogP contribution is 2.17. The summed E-state index contributed by atoms with van der Waals surface area (Å²) in [4.78, 5) is 12.3. The van der Waals surface area contributed by atoms with Crippen LogP contribution in [-0.4, -0.2) is 16.4 Å². The van der Waals surface area contributed by atoms with Crippen LogP contribution in [-0.2, 0) is 6.54 Å². The van der Waals surface area contributed by atoms with Crippen LogP contribution >= 0.6 is 15.9 Å². The van der Waals surface area contributed by atoms with Crippen molar-refractivity contribution in [2.45, 2.75) is 6.54 Å². The highest BCUT2D eigenvalue weighted by molar-refractivity contribution is 9.10. The van der Waals surface area contributed by atoms with Gasteiger partial charge < -0.3 is 0 Å². The summed E-state index contributed by atoms with van der Waals surface area (Å²) >= 11 is 3.37. The molecule has 3 N–H and O–H groups in total. The van der Waals surface area contributed by atoms with Crippen LogP contribution in [0, 0.1) is 0 Å². The molecule has 100 valence electrons. The molecule has 5 heteroatoms. The van der Waals surface area contributed by atoms with Gasteiger partial charge in [0.25, 0.3) is 11.7 Å². The van der Waals surface area contributed by atoms with Crippen LogP contribution in [0.2, 0.25) is 0 Å². The third-order valence-corrected chi connectivity index (χ3v) is 3.96. The number of nitrogens with zero attached hydrogens (tertiary/aromatic N) is 1. The quantitative estimate of drug-likeness (QED) is 0.828. The third-order valence-electron chi connectivity index (χ3n) is 3.27. The minimum atomic E-state index is -0.187. The van der Waals surface area contributed by atoms with Crippen molar-refractivity contribution in [1.29, 1.82) is 0 Å². The molecule has 2 aromatic carbocycles. The monoisotopic (exact) mass is 330 g/mol. The van der Waals surface area contributed by atoms with E-state index in [2.05, 4.69) is 21.4 Å². The van der Waals surface area contributed by atoms with E-state index in [4.69, 9.17) is 5.73 Å². The van der Waals surface area contributed by atoms with Gasteiger partial charge in [0.15, 0.2) is 0 Å². The van der Waals surface area contributed by atoms with E-state index in [9.17, 15) is 4.79 Å². The van der Waals surface area contributed by atoms with Gasteiger partial charge in [-0.25, -0.2) is 0 Å². The Morgan fingerprint density at radius 2 is 1.85 bits per heavy atom. The predicted molar refractivity (Wildman–Crippen MR) is 80.3 cm³/mol. The van der Waals surface area contributed by atoms with Crippen LogP contribution in [0.4, 0.5) is 0 Å². The van der Waals surface area contributed by atoms with Gasteiger partial charge >= 0.3 is 0 Å². The maximum Gasteiger partial charge on any atom is 0.299 e. The predicted octanol–water partition coefficient (Wildman–Crippen LogP) is 2.03. The molecule has 3 rings (SSSR count). The molecular weight excluding hydrogens is 318 g/mol. The number of benzene rings is 2. The lowest BCUT2D eigenvalue weighted by molar-refractivity contribution is -0.584. The summed E-state index contributed by atoms with van der Waals surface area (Å²) in [6.45, 7) is 0.582. The number of nitrogens with one attached hydrogen (secondary N) is 1. The fourth-order valence-electron chi connectivity index (χ4n) is 2.24. The van der Waals surface area contributed by atoms with Gasteiger partial charge in [0.1, 0.15) is 6.54 Å². The summed E-state index contributed by atoms with van der Waals surface area (Å²) in [5.74, 6) is 0.384. The van der Waals surface area contributed by atoms with Gasteiger partial charge in [-0.2, -0.15) is 10.1 Å². The van der Waals surface area contributed by atoms with Crippen molar-refractivity contribution in [3.8, 4) is 0 Å². The van der Waals surface area contributed by atoms with Crippen LogP contribution in [0.5, 0.6) is 0 Å². The molecule has 0 unspecified atom stereocenters. The number of fused-ring (bicyclic) bond motifs is 1. The molecule has 0 saturated heterocycles. The molecule has 0 spiro atoms. The molecule has 20 heavy (non-hydrogen) atoms. The van der Waals surface area contributed by atoms with Crippen molar-refractivity contribution in [3.63, 3.8) is 0 Å². The van der Waals surface area contributed by atoms with E-state index >= 15 is 0 Å². The average molecular weight is 331 g/mol. The number of hydrazone groups is 1. The van der Waals surface area contributed by atoms with E-state index in [1.807, 2.05) is 42.5 Å². The number of hydrazine groups is 1. The number of hydrogen-bond donors (Lipinski definition) is 2. The largest absolute Gasteiger partial charge is 0.299 e. The van der Waals surface area contributed by atoms with E-state index in [0.717, 1.165) is 15.6 Å². The zero-order chi connectivity index (χ0) is 14.1. The summed E-state index contributed by atoms with van der Waals surface area (Å²) in [6, 6.07) is 15.1. The highest BCUT2D eigenvalue weighted by Gasteiger charge is 2.26. The Bertz CT molecular complexity index is 725. The Hall–Kier alpha value is -2.14. The second-order valence-corrected chi connectivity index (χ2v) is 5.40. The normalized spacial score (nSPS) is 13.2. The van der Waals surface area contributed by atoms with E-state index in [1.54, 1.807) is 10.8 Å². The molecule has 0 atom stereocenters. The first-order valence-electron chi connectivity index (χ1n) is 6.20. The standard InChI is InChI=1S/C15H12BrN3O/c16-13-8-4-3-7-12(13)15(20)18-19-9-10-5-1-2-6-11(10)14(19)17/h1-8,17H,9H2,(H,18,20)/p+1. The van der Waals surface area contributed by atoms with E-state index in [0.29, 0.717) is 17.9 Å². The molecule has 1 aliphatic heterocycles. The Balaban J connectivity index is 1.86. The van der Waals surface area contributed by atoms with Crippen molar-refractivity contribution in [2.75, 3.05) is 0 Å². The SMILES string of the molecule is NC1=[N+](NC(=O)c2ccccc2Br)Cc2ccccc21. The number of rotatable bonds is 2. The fourth-order valence-corrected chi connectivity index (χ4v) is 2.70. The van der Waals surface area contributed by atoms with Gasteiger partial charge in [-0.1, -0.05) is 30.3 Å². The number of nitrogens with two attached hydrogens (primary N) is 1. The van der Waals surface area contributed by atoms with E-state index < -0.39 is 0 Å². The van der Waals surface area contributed by atoms with Crippen molar-refractivity contribution in [2.24, 2.45) is 5.73 Å². The Morgan fingerprint density at radius 1 is 1.15 bits per heavy atom. The fraction of sp³-hybridized carbons (Fsp3) is 0.0667.